The molecule has 2 heterocycles. The fraction of sp³-hybridized carbons (Fsp3) is 0.524. The summed E-state index contributed by atoms with van der Waals surface area (Å²) < 4.78 is 13.2. The van der Waals surface area contributed by atoms with Gasteiger partial charge in [-0.1, -0.05) is 22.9 Å². The number of aromatic nitrogens is 1. The number of carbonyl (C=O) groups excluding carboxylic acids is 1. The van der Waals surface area contributed by atoms with Crippen LogP contribution in [-0.4, -0.2) is 35.4 Å². The van der Waals surface area contributed by atoms with Gasteiger partial charge in [-0.2, -0.15) is 4.99 Å². The minimum Gasteiger partial charge on any atom is -0.496 e. The number of amides is 1. The van der Waals surface area contributed by atoms with Gasteiger partial charge in [0.2, 0.25) is 0 Å². The second-order valence-electron chi connectivity index (χ2n) is 7.72. The van der Waals surface area contributed by atoms with Crippen LogP contribution in [0.4, 0.5) is 0 Å². The van der Waals surface area contributed by atoms with E-state index in [-0.39, 0.29) is 6.10 Å². The van der Waals surface area contributed by atoms with Crippen molar-refractivity contribution in [1.29, 1.82) is 0 Å². The number of carbonyl (C=O) groups is 1. The van der Waals surface area contributed by atoms with Crippen molar-refractivity contribution in [2.75, 3.05) is 13.7 Å². The molecule has 1 aliphatic heterocycles. The second-order valence-corrected chi connectivity index (χ2v) is 9.13. The fourth-order valence-electron chi connectivity index (χ4n) is 3.50. The fourth-order valence-corrected chi connectivity index (χ4v) is 4.81. The molecule has 1 saturated heterocycles. The number of thiazole rings is 1. The molecule has 0 saturated carbocycles. The molecule has 1 aromatic heterocycles. The molecular formula is C21H27ClN2O4S. The lowest BCUT2D eigenvalue weighted by molar-refractivity contribution is 0.00498. The van der Waals surface area contributed by atoms with Crippen molar-refractivity contribution < 1.29 is 19.4 Å². The van der Waals surface area contributed by atoms with Crippen LogP contribution in [0.5, 0.6) is 5.75 Å². The number of ether oxygens (including phenoxy) is 2. The summed E-state index contributed by atoms with van der Waals surface area (Å²) in [6.07, 6.45) is 3.23. The van der Waals surface area contributed by atoms with Gasteiger partial charge in [0.15, 0.2) is 4.80 Å². The molecule has 1 aromatic carbocycles. The molecule has 158 valence electrons. The molecule has 1 N–H and O–H groups in total. The van der Waals surface area contributed by atoms with Crippen LogP contribution < -0.4 is 9.54 Å². The molecule has 0 bridgehead atoms. The largest absolute Gasteiger partial charge is 0.496 e. The summed E-state index contributed by atoms with van der Waals surface area (Å²) in [6, 6.07) is 4.87. The minimum atomic E-state index is -1.03. The van der Waals surface area contributed by atoms with Gasteiger partial charge in [-0.3, -0.25) is 4.79 Å². The van der Waals surface area contributed by atoms with Gasteiger partial charge >= 0.3 is 0 Å². The van der Waals surface area contributed by atoms with Gasteiger partial charge < -0.3 is 19.1 Å². The van der Waals surface area contributed by atoms with Crippen molar-refractivity contribution in [2.45, 2.75) is 58.3 Å². The minimum absolute atomic E-state index is 0.0708. The molecule has 1 fully saturated rings. The predicted molar refractivity (Wildman–Crippen MR) is 114 cm³/mol. The maximum atomic E-state index is 13.0. The van der Waals surface area contributed by atoms with Crippen LogP contribution in [0.25, 0.3) is 0 Å². The summed E-state index contributed by atoms with van der Waals surface area (Å²) in [7, 11) is 1.50. The summed E-state index contributed by atoms with van der Waals surface area (Å²) >= 11 is 7.39. The van der Waals surface area contributed by atoms with Crippen LogP contribution in [0.15, 0.2) is 23.2 Å². The summed E-state index contributed by atoms with van der Waals surface area (Å²) in [4.78, 5) is 18.6. The molecule has 1 aliphatic rings. The molecular weight excluding hydrogens is 412 g/mol. The number of benzene rings is 1. The van der Waals surface area contributed by atoms with Crippen LogP contribution in [0.2, 0.25) is 5.02 Å². The number of methoxy groups -OCH3 is 1. The molecule has 1 amide bonds. The summed E-state index contributed by atoms with van der Waals surface area (Å²) in [5.74, 6) is -0.0208. The first-order chi connectivity index (χ1) is 13.7. The van der Waals surface area contributed by atoms with Crippen molar-refractivity contribution in [3.8, 4) is 5.75 Å². The Morgan fingerprint density at radius 2 is 2.21 bits per heavy atom. The van der Waals surface area contributed by atoms with E-state index in [1.807, 2.05) is 11.5 Å². The van der Waals surface area contributed by atoms with Gasteiger partial charge in [0, 0.05) is 17.3 Å². The molecule has 2 aromatic rings. The van der Waals surface area contributed by atoms with Gasteiger partial charge in [0.1, 0.15) is 5.75 Å². The zero-order valence-electron chi connectivity index (χ0n) is 17.2. The summed E-state index contributed by atoms with van der Waals surface area (Å²) in [6.45, 7) is 6.75. The number of halogens is 1. The van der Waals surface area contributed by atoms with Crippen molar-refractivity contribution in [3.05, 3.63) is 44.2 Å². The Morgan fingerprint density at radius 3 is 2.83 bits per heavy atom. The Labute approximate surface area is 179 Å². The van der Waals surface area contributed by atoms with Crippen molar-refractivity contribution in [1.82, 2.24) is 4.57 Å². The molecule has 1 unspecified atom stereocenters. The van der Waals surface area contributed by atoms with E-state index in [0.717, 1.165) is 36.4 Å². The molecule has 8 heteroatoms. The highest BCUT2D eigenvalue weighted by molar-refractivity contribution is 7.09. The molecule has 6 nitrogen and oxygen atoms in total. The Morgan fingerprint density at radius 1 is 1.45 bits per heavy atom. The molecule has 1 atom stereocenters. The van der Waals surface area contributed by atoms with Crippen LogP contribution in [0.3, 0.4) is 0 Å². The smallest absolute Gasteiger partial charge is 0.283 e. The van der Waals surface area contributed by atoms with Gasteiger partial charge in [-0.25, -0.2) is 0 Å². The summed E-state index contributed by atoms with van der Waals surface area (Å²) in [5.41, 5.74) is 0.159. The normalized spacial score (nSPS) is 18.1. The van der Waals surface area contributed by atoms with Crippen molar-refractivity contribution in [2.24, 2.45) is 4.99 Å². The first kappa shape index (κ1) is 22.0. The van der Waals surface area contributed by atoms with Crippen LogP contribution in [0.1, 0.15) is 54.0 Å². The quantitative estimate of drug-likeness (QED) is 0.764. The highest BCUT2D eigenvalue weighted by Gasteiger charge is 2.26. The van der Waals surface area contributed by atoms with E-state index in [1.54, 1.807) is 32.0 Å². The zero-order chi connectivity index (χ0) is 21.2. The van der Waals surface area contributed by atoms with Crippen LogP contribution in [-0.2, 0) is 16.9 Å². The van der Waals surface area contributed by atoms with E-state index in [4.69, 9.17) is 21.1 Å². The zero-order valence-corrected chi connectivity index (χ0v) is 18.8. The molecule has 0 radical (unpaired) electrons. The van der Waals surface area contributed by atoms with Crippen molar-refractivity contribution in [3.63, 3.8) is 0 Å². The van der Waals surface area contributed by atoms with E-state index in [2.05, 4.69) is 4.99 Å². The topological polar surface area (TPSA) is 73.0 Å². The molecule has 0 aliphatic carbocycles. The number of hydrogen-bond donors (Lipinski definition) is 1. The number of nitrogens with zero attached hydrogens (tertiary/aromatic N) is 2. The highest BCUT2D eigenvalue weighted by Crippen LogP contribution is 2.28. The monoisotopic (exact) mass is 438 g/mol. The molecule has 0 spiro atoms. The lowest BCUT2D eigenvalue weighted by Crippen LogP contribution is -2.30. The maximum absolute atomic E-state index is 13.0. The SMILES string of the molecule is COc1ccc(Cl)cc1C(=O)/N=c1\sc(C(C)(C)O)c(C)n1CC1CCCCO1. The predicted octanol–water partition coefficient (Wildman–Crippen LogP) is 4.06. The van der Waals surface area contributed by atoms with E-state index in [1.165, 1.54) is 18.4 Å². The van der Waals surface area contributed by atoms with Crippen molar-refractivity contribution >= 4 is 28.8 Å². The Balaban J connectivity index is 2.07. The Hall–Kier alpha value is -1.67. The van der Waals surface area contributed by atoms with E-state index in [9.17, 15) is 9.90 Å². The van der Waals surface area contributed by atoms with E-state index >= 15 is 0 Å². The third kappa shape index (κ3) is 5.09. The number of hydrogen-bond acceptors (Lipinski definition) is 5. The van der Waals surface area contributed by atoms with Gasteiger partial charge in [-0.05, 0) is 58.2 Å². The van der Waals surface area contributed by atoms with Gasteiger partial charge in [0.05, 0.1) is 35.8 Å². The Kier molecular flexibility index (Phi) is 6.83. The Bertz CT molecular complexity index is 953. The van der Waals surface area contributed by atoms with Crippen LogP contribution in [0, 0.1) is 6.92 Å². The molecule has 3 rings (SSSR count). The highest BCUT2D eigenvalue weighted by atomic mass is 35.5. The lowest BCUT2D eigenvalue weighted by Gasteiger charge is -2.24. The third-order valence-electron chi connectivity index (χ3n) is 4.96. The number of rotatable bonds is 5. The summed E-state index contributed by atoms with van der Waals surface area (Å²) in [5, 5.41) is 11.0. The third-order valence-corrected chi connectivity index (χ3v) is 6.69. The average Bonchev–Trinajstić information content (AvgIpc) is 2.98. The second kappa shape index (κ2) is 9.00. The number of aliphatic hydroxyl groups is 1. The first-order valence-electron chi connectivity index (χ1n) is 9.68. The van der Waals surface area contributed by atoms with Gasteiger partial charge in [0.25, 0.3) is 5.91 Å². The average molecular weight is 439 g/mol. The molecule has 29 heavy (non-hydrogen) atoms. The maximum Gasteiger partial charge on any atom is 0.283 e. The lowest BCUT2D eigenvalue weighted by atomic mass is 10.1. The first-order valence-corrected chi connectivity index (χ1v) is 10.9. The van der Waals surface area contributed by atoms with E-state index < -0.39 is 11.5 Å². The van der Waals surface area contributed by atoms with Gasteiger partial charge in [-0.15, -0.1) is 0 Å². The van der Waals surface area contributed by atoms with Crippen LogP contribution >= 0.6 is 22.9 Å². The standard InChI is InChI=1S/C21H27ClN2O4S/c1-13-18(21(2,3)26)29-20(24(13)12-15-7-5-6-10-28-15)23-19(25)16-11-14(22)8-9-17(16)27-4/h8-9,11,15,26H,5-7,10,12H2,1-4H3/b23-20-. The van der Waals surface area contributed by atoms with E-state index in [0.29, 0.717) is 27.7 Å².